The topological polar surface area (TPSA) is 27.1 Å². The molecule has 0 aliphatic heterocycles. The highest BCUT2D eigenvalue weighted by atomic mass is 35.5. The first-order valence-electron chi connectivity index (χ1n) is 11.7. The summed E-state index contributed by atoms with van der Waals surface area (Å²) in [5.74, 6) is 0.863. The molecule has 0 aliphatic carbocycles. The summed E-state index contributed by atoms with van der Waals surface area (Å²) in [7, 11) is 0. The summed E-state index contributed by atoms with van der Waals surface area (Å²) >= 11 is 6.08. The number of rotatable bonds is 6. The van der Waals surface area contributed by atoms with Gasteiger partial charge in [0.1, 0.15) is 12.4 Å². The summed E-state index contributed by atoms with van der Waals surface area (Å²) < 4.78 is 8.52. The summed E-state index contributed by atoms with van der Waals surface area (Å²) in [5, 5.41) is 3.15. The molecule has 5 aromatic rings. The van der Waals surface area contributed by atoms with Gasteiger partial charge in [-0.15, -0.1) is 0 Å². The minimum atomic E-state index is 0.186. The lowest BCUT2D eigenvalue weighted by Gasteiger charge is -2.17. The molecule has 0 amide bonds. The monoisotopic (exact) mass is 468 g/mol. The average molecular weight is 469 g/mol. The summed E-state index contributed by atoms with van der Waals surface area (Å²) in [6, 6.07) is 26.8. The number of para-hydroxylation sites is 1. The van der Waals surface area contributed by atoms with Crippen molar-refractivity contribution in [1.29, 1.82) is 0 Å². The lowest BCUT2D eigenvalue weighted by Crippen LogP contribution is -2.08. The number of aromatic nitrogens is 2. The zero-order chi connectivity index (χ0) is 23.7. The lowest BCUT2D eigenvalue weighted by molar-refractivity contribution is 0.302. The molecule has 0 N–H and O–H groups in total. The number of hydrogen-bond acceptors (Lipinski definition) is 2. The van der Waals surface area contributed by atoms with Crippen LogP contribution in [0.15, 0.2) is 85.1 Å². The van der Waals surface area contributed by atoms with Crippen LogP contribution in [0.5, 0.6) is 5.75 Å². The van der Waals surface area contributed by atoms with Gasteiger partial charge in [0.25, 0.3) is 0 Å². The standard InChI is InChI=1S/C30H29ClN2O/c1-30(2,3)17-23-19-33(18-21-8-11-24(31)12-9-21)29-15-14-26(16-27(23)29)34-20-25-13-10-22-6-4-5-7-28(22)32-25/h4-16,19H,17-18,20H2,1-3H3. The van der Waals surface area contributed by atoms with Crippen LogP contribution in [0.25, 0.3) is 21.8 Å². The molecule has 0 saturated heterocycles. The van der Waals surface area contributed by atoms with Gasteiger partial charge in [-0.1, -0.05) is 68.8 Å². The van der Waals surface area contributed by atoms with Gasteiger partial charge in [-0.2, -0.15) is 0 Å². The van der Waals surface area contributed by atoms with Crippen molar-refractivity contribution in [3.63, 3.8) is 0 Å². The Morgan fingerprint density at radius 3 is 2.50 bits per heavy atom. The molecular formula is C30H29ClN2O. The molecule has 0 radical (unpaired) electrons. The summed E-state index contributed by atoms with van der Waals surface area (Å²) in [6.07, 6.45) is 3.28. The van der Waals surface area contributed by atoms with Crippen LogP contribution in [-0.2, 0) is 19.6 Å². The van der Waals surface area contributed by atoms with Gasteiger partial charge in [0, 0.05) is 34.1 Å². The Balaban J connectivity index is 1.43. The predicted octanol–water partition coefficient (Wildman–Crippen LogP) is 8.06. The molecule has 4 heteroatoms. The minimum absolute atomic E-state index is 0.186. The van der Waals surface area contributed by atoms with E-state index in [2.05, 4.69) is 74.0 Å². The van der Waals surface area contributed by atoms with E-state index >= 15 is 0 Å². The third kappa shape index (κ3) is 5.10. The van der Waals surface area contributed by atoms with Gasteiger partial charge >= 0.3 is 0 Å². The van der Waals surface area contributed by atoms with E-state index in [1.807, 2.05) is 36.4 Å². The Morgan fingerprint density at radius 2 is 1.71 bits per heavy atom. The normalized spacial score (nSPS) is 11.9. The Labute approximate surface area is 206 Å². The summed E-state index contributed by atoms with van der Waals surface area (Å²) in [5.41, 5.74) is 5.88. The van der Waals surface area contributed by atoms with Crippen LogP contribution < -0.4 is 4.74 Å². The molecule has 3 aromatic carbocycles. The van der Waals surface area contributed by atoms with Gasteiger partial charge in [-0.05, 0) is 65.4 Å². The molecular weight excluding hydrogens is 440 g/mol. The van der Waals surface area contributed by atoms with Crippen LogP contribution in [0.1, 0.15) is 37.6 Å². The third-order valence-electron chi connectivity index (χ3n) is 5.96. The maximum Gasteiger partial charge on any atom is 0.130 e. The van der Waals surface area contributed by atoms with Gasteiger partial charge in [-0.25, -0.2) is 4.98 Å². The van der Waals surface area contributed by atoms with Gasteiger partial charge in [0.15, 0.2) is 0 Å². The number of fused-ring (bicyclic) bond motifs is 2. The zero-order valence-corrected chi connectivity index (χ0v) is 20.6. The molecule has 172 valence electrons. The smallest absolute Gasteiger partial charge is 0.130 e. The van der Waals surface area contributed by atoms with Crippen LogP contribution in [0.2, 0.25) is 5.02 Å². The van der Waals surface area contributed by atoms with Gasteiger partial charge < -0.3 is 9.30 Å². The molecule has 5 rings (SSSR count). The maximum atomic E-state index is 6.19. The van der Waals surface area contributed by atoms with Crippen molar-refractivity contribution in [3.8, 4) is 5.75 Å². The first-order chi connectivity index (χ1) is 16.3. The second-order valence-corrected chi connectivity index (χ2v) is 10.5. The SMILES string of the molecule is CC(C)(C)Cc1cn(Cc2ccc(Cl)cc2)c2ccc(OCc3ccc4ccccc4n3)cc12. The van der Waals surface area contributed by atoms with E-state index in [-0.39, 0.29) is 5.41 Å². The van der Waals surface area contributed by atoms with Crippen LogP contribution in [0, 0.1) is 5.41 Å². The second kappa shape index (κ2) is 9.15. The third-order valence-corrected chi connectivity index (χ3v) is 6.22. The summed E-state index contributed by atoms with van der Waals surface area (Å²) in [6.45, 7) is 8.08. The maximum absolute atomic E-state index is 6.19. The van der Waals surface area contributed by atoms with Crippen LogP contribution >= 0.6 is 11.6 Å². The number of halogens is 1. The largest absolute Gasteiger partial charge is 0.487 e. The molecule has 2 aromatic heterocycles. The van der Waals surface area contributed by atoms with Crippen molar-refractivity contribution in [1.82, 2.24) is 9.55 Å². The Bertz CT molecular complexity index is 1440. The molecule has 34 heavy (non-hydrogen) atoms. The fourth-order valence-electron chi connectivity index (χ4n) is 4.42. The first kappa shape index (κ1) is 22.5. The fourth-order valence-corrected chi connectivity index (χ4v) is 4.54. The second-order valence-electron chi connectivity index (χ2n) is 10.1. The van der Waals surface area contributed by atoms with E-state index in [0.29, 0.717) is 6.61 Å². The number of benzene rings is 3. The van der Waals surface area contributed by atoms with Crippen LogP contribution in [0.3, 0.4) is 0 Å². The van der Waals surface area contributed by atoms with E-state index in [1.54, 1.807) is 0 Å². The van der Waals surface area contributed by atoms with Crippen LogP contribution in [-0.4, -0.2) is 9.55 Å². The molecule has 0 aliphatic rings. The number of ether oxygens (including phenoxy) is 1. The molecule has 0 fully saturated rings. The van der Waals surface area contributed by atoms with Crippen LogP contribution in [0.4, 0.5) is 0 Å². The number of hydrogen-bond donors (Lipinski definition) is 0. The summed E-state index contributed by atoms with van der Waals surface area (Å²) in [4.78, 5) is 4.74. The molecule has 0 unspecified atom stereocenters. The molecule has 0 bridgehead atoms. The number of nitrogens with zero attached hydrogens (tertiary/aromatic N) is 2. The molecule has 0 spiro atoms. The van der Waals surface area contributed by atoms with Crippen molar-refractivity contribution in [3.05, 3.63) is 107 Å². The highest BCUT2D eigenvalue weighted by molar-refractivity contribution is 6.30. The molecule has 3 nitrogen and oxygen atoms in total. The molecule has 2 heterocycles. The Morgan fingerprint density at radius 1 is 0.912 bits per heavy atom. The van der Waals surface area contributed by atoms with Crippen molar-refractivity contribution in [2.75, 3.05) is 0 Å². The predicted molar refractivity (Wildman–Crippen MR) is 142 cm³/mol. The average Bonchev–Trinajstić information content (AvgIpc) is 3.14. The quantitative estimate of drug-likeness (QED) is 0.252. The Hall–Kier alpha value is -3.30. The van der Waals surface area contributed by atoms with E-state index in [0.717, 1.165) is 40.3 Å². The van der Waals surface area contributed by atoms with Gasteiger partial charge in [0.2, 0.25) is 0 Å². The van der Waals surface area contributed by atoms with Crippen molar-refractivity contribution >= 4 is 33.4 Å². The Kier molecular flexibility index (Phi) is 6.05. The zero-order valence-electron chi connectivity index (χ0n) is 19.9. The van der Waals surface area contributed by atoms with Crippen molar-refractivity contribution in [2.24, 2.45) is 5.41 Å². The molecule has 0 atom stereocenters. The van der Waals surface area contributed by atoms with Gasteiger partial charge in [-0.3, -0.25) is 0 Å². The number of pyridine rings is 1. The van der Waals surface area contributed by atoms with E-state index < -0.39 is 0 Å². The lowest BCUT2D eigenvalue weighted by atomic mass is 9.88. The van der Waals surface area contributed by atoms with Gasteiger partial charge in [0.05, 0.1) is 11.2 Å². The highest BCUT2D eigenvalue weighted by Crippen LogP contribution is 2.32. The highest BCUT2D eigenvalue weighted by Gasteiger charge is 2.17. The van der Waals surface area contributed by atoms with Crippen molar-refractivity contribution in [2.45, 2.75) is 40.3 Å². The van der Waals surface area contributed by atoms with E-state index in [9.17, 15) is 0 Å². The van der Waals surface area contributed by atoms with Crippen molar-refractivity contribution < 1.29 is 4.74 Å². The first-order valence-corrected chi connectivity index (χ1v) is 12.1. The van der Waals surface area contributed by atoms with E-state index in [4.69, 9.17) is 21.3 Å². The minimum Gasteiger partial charge on any atom is -0.487 e. The molecule has 0 saturated carbocycles. The van der Waals surface area contributed by atoms with E-state index in [1.165, 1.54) is 22.0 Å². The fraction of sp³-hybridized carbons (Fsp3) is 0.233.